The second-order valence-electron chi connectivity index (χ2n) is 7.83. The van der Waals surface area contributed by atoms with Gasteiger partial charge in [-0.3, -0.25) is 4.79 Å². The van der Waals surface area contributed by atoms with Crippen LogP contribution in [0.15, 0.2) is 0 Å². The van der Waals surface area contributed by atoms with Crippen molar-refractivity contribution in [2.24, 2.45) is 0 Å². The first kappa shape index (κ1) is 24.5. The Morgan fingerprint density at radius 2 is 0.880 bits per heavy atom. The maximum atomic E-state index is 11.0. The third-order valence-electron chi connectivity index (χ3n) is 5.27. The first-order valence-electron chi connectivity index (χ1n) is 11.3. The number of hydrogen-bond acceptors (Lipinski definition) is 1. The van der Waals surface area contributed by atoms with Gasteiger partial charge in [-0.15, -0.1) is 0 Å². The van der Waals surface area contributed by atoms with E-state index in [1.807, 2.05) is 7.05 Å². The number of nitrogens with zero attached hydrogens (tertiary/aromatic N) is 1. The van der Waals surface area contributed by atoms with E-state index in [-0.39, 0.29) is 5.91 Å². The minimum Gasteiger partial charge on any atom is -0.346 e. The van der Waals surface area contributed by atoms with Gasteiger partial charge in [0.15, 0.2) is 0 Å². The van der Waals surface area contributed by atoms with E-state index in [1.165, 1.54) is 109 Å². The Morgan fingerprint density at radius 3 is 1.16 bits per heavy atom. The predicted molar refractivity (Wildman–Crippen MR) is 112 cm³/mol. The van der Waals surface area contributed by atoms with Crippen LogP contribution in [0.3, 0.4) is 0 Å². The summed E-state index contributed by atoms with van der Waals surface area (Å²) < 4.78 is 0. The fraction of sp³-hybridized carbons (Fsp3) is 0.913. The summed E-state index contributed by atoms with van der Waals surface area (Å²) in [5.41, 5.74) is 0. The summed E-state index contributed by atoms with van der Waals surface area (Å²) in [6.45, 7) is 6.57. The van der Waals surface area contributed by atoms with Crippen molar-refractivity contribution in [1.29, 1.82) is 0 Å². The van der Waals surface area contributed by atoms with Crippen LogP contribution in [-0.2, 0) is 4.79 Å². The van der Waals surface area contributed by atoms with Crippen LogP contribution in [0.4, 0.5) is 0 Å². The molecule has 25 heavy (non-hydrogen) atoms. The standard InChI is InChI=1S/C23H46NO/c1-4-5-6-7-8-9-10-11-12-13-14-15-16-17-18-19-20-21-22-24(3)23(2)25/h2,4-22H2,1,3H3. The molecule has 0 aliphatic carbocycles. The third-order valence-corrected chi connectivity index (χ3v) is 5.27. The number of unbranched alkanes of at least 4 members (excludes halogenated alkanes) is 17. The molecule has 0 heterocycles. The monoisotopic (exact) mass is 352 g/mol. The van der Waals surface area contributed by atoms with Gasteiger partial charge in [-0.25, -0.2) is 0 Å². The lowest BCUT2D eigenvalue weighted by Crippen LogP contribution is -2.24. The fourth-order valence-electron chi connectivity index (χ4n) is 3.38. The van der Waals surface area contributed by atoms with Gasteiger partial charge in [0.1, 0.15) is 0 Å². The third kappa shape index (κ3) is 19.6. The molecule has 0 bridgehead atoms. The molecule has 0 unspecified atom stereocenters. The number of carbonyl (C=O) groups is 1. The van der Waals surface area contributed by atoms with Crippen molar-refractivity contribution in [1.82, 2.24) is 4.90 Å². The van der Waals surface area contributed by atoms with Gasteiger partial charge in [0.2, 0.25) is 5.91 Å². The number of carbonyl (C=O) groups excluding carboxylic acids is 1. The Kier molecular flexibility index (Phi) is 19.4. The van der Waals surface area contributed by atoms with E-state index in [1.54, 1.807) is 4.90 Å². The van der Waals surface area contributed by atoms with Crippen molar-refractivity contribution in [2.75, 3.05) is 13.6 Å². The Labute approximate surface area is 159 Å². The molecule has 0 N–H and O–H groups in total. The molecule has 0 rings (SSSR count). The highest BCUT2D eigenvalue weighted by Gasteiger charge is 2.00. The molecule has 0 spiro atoms. The van der Waals surface area contributed by atoms with Gasteiger partial charge in [0.05, 0.1) is 0 Å². The molecule has 0 aliphatic rings. The van der Waals surface area contributed by atoms with Crippen LogP contribution >= 0.6 is 0 Å². The van der Waals surface area contributed by atoms with Gasteiger partial charge in [-0.05, 0) is 6.42 Å². The summed E-state index contributed by atoms with van der Waals surface area (Å²) in [5.74, 6) is -0.0630. The lowest BCUT2D eigenvalue weighted by molar-refractivity contribution is -0.125. The van der Waals surface area contributed by atoms with Crippen molar-refractivity contribution >= 4 is 5.91 Å². The summed E-state index contributed by atoms with van der Waals surface area (Å²) >= 11 is 0. The molecule has 2 nitrogen and oxygen atoms in total. The van der Waals surface area contributed by atoms with Gasteiger partial charge in [0, 0.05) is 20.5 Å². The number of rotatable bonds is 19. The summed E-state index contributed by atoms with van der Waals surface area (Å²) in [7, 11) is 1.84. The maximum Gasteiger partial charge on any atom is 0.222 e. The lowest BCUT2D eigenvalue weighted by atomic mass is 10.0. The Hall–Kier alpha value is -0.530. The highest BCUT2D eigenvalue weighted by atomic mass is 16.2. The Bertz CT molecular complexity index is 277. The first-order valence-corrected chi connectivity index (χ1v) is 11.3. The number of amides is 1. The zero-order valence-electron chi connectivity index (χ0n) is 17.5. The SMILES string of the molecule is [CH2]C(=O)N(C)CCCCCCCCCCCCCCCCCCCC. The van der Waals surface area contributed by atoms with Gasteiger partial charge in [-0.2, -0.15) is 0 Å². The zero-order valence-corrected chi connectivity index (χ0v) is 17.5. The second-order valence-corrected chi connectivity index (χ2v) is 7.83. The van der Waals surface area contributed by atoms with Gasteiger partial charge < -0.3 is 4.90 Å². The lowest BCUT2D eigenvalue weighted by Gasteiger charge is -2.13. The molecule has 0 atom stereocenters. The Balaban J connectivity index is 3.04. The van der Waals surface area contributed by atoms with Gasteiger partial charge >= 0.3 is 0 Å². The molecule has 1 radical (unpaired) electrons. The predicted octanol–water partition coefficient (Wildman–Crippen LogP) is 7.32. The van der Waals surface area contributed by atoms with Crippen LogP contribution < -0.4 is 0 Å². The average molecular weight is 353 g/mol. The maximum absolute atomic E-state index is 11.0. The highest BCUT2D eigenvalue weighted by molar-refractivity contribution is 5.79. The van der Waals surface area contributed by atoms with Crippen molar-refractivity contribution in [2.45, 2.75) is 122 Å². The van der Waals surface area contributed by atoms with Crippen LogP contribution in [0.25, 0.3) is 0 Å². The molecule has 0 aromatic heterocycles. The molecule has 1 amide bonds. The van der Waals surface area contributed by atoms with Gasteiger partial charge in [-0.1, -0.05) is 116 Å². The van der Waals surface area contributed by atoms with Crippen LogP contribution in [0.2, 0.25) is 0 Å². The van der Waals surface area contributed by atoms with E-state index >= 15 is 0 Å². The zero-order chi connectivity index (χ0) is 18.6. The first-order chi connectivity index (χ1) is 12.2. The fourth-order valence-corrected chi connectivity index (χ4v) is 3.38. The minimum absolute atomic E-state index is 0.0630. The normalized spacial score (nSPS) is 11.0. The molecule has 0 aromatic rings. The molecule has 0 aromatic carbocycles. The molecule has 0 fully saturated rings. The second kappa shape index (κ2) is 19.8. The summed E-state index contributed by atoms with van der Waals surface area (Å²) in [6.07, 6.45) is 25.1. The van der Waals surface area contributed by atoms with Crippen molar-refractivity contribution in [3.05, 3.63) is 6.92 Å². The summed E-state index contributed by atoms with van der Waals surface area (Å²) in [4.78, 5) is 12.7. The quantitative estimate of drug-likeness (QED) is 0.223. The van der Waals surface area contributed by atoms with Crippen LogP contribution in [0, 0.1) is 6.92 Å². The van der Waals surface area contributed by atoms with E-state index in [9.17, 15) is 4.79 Å². The van der Waals surface area contributed by atoms with Crippen molar-refractivity contribution in [3.8, 4) is 0 Å². The molecule has 149 valence electrons. The van der Waals surface area contributed by atoms with E-state index in [0.717, 1.165) is 13.0 Å². The smallest absolute Gasteiger partial charge is 0.222 e. The largest absolute Gasteiger partial charge is 0.346 e. The molecule has 0 saturated heterocycles. The molecule has 2 heteroatoms. The minimum atomic E-state index is -0.0630. The molecular formula is C23H46NO. The Morgan fingerprint density at radius 1 is 0.600 bits per heavy atom. The molecular weight excluding hydrogens is 306 g/mol. The topological polar surface area (TPSA) is 20.3 Å². The summed E-state index contributed by atoms with van der Waals surface area (Å²) in [5, 5.41) is 0. The summed E-state index contributed by atoms with van der Waals surface area (Å²) in [6, 6.07) is 0. The van der Waals surface area contributed by atoms with E-state index in [2.05, 4.69) is 13.8 Å². The van der Waals surface area contributed by atoms with Crippen LogP contribution in [0.5, 0.6) is 0 Å². The van der Waals surface area contributed by atoms with Crippen molar-refractivity contribution < 1.29 is 4.79 Å². The van der Waals surface area contributed by atoms with Crippen LogP contribution in [-0.4, -0.2) is 24.4 Å². The van der Waals surface area contributed by atoms with Crippen molar-refractivity contribution in [3.63, 3.8) is 0 Å². The number of hydrogen-bond donors (Lipinski definition) is 0. The van der Waals surface area contributed by atoms with Gasteiger partial charge in [0.25, 0.3) is 0 Å². The molecule has 0 saturated carbocycles. The van der Waals surface area contributed by atoms with E-state index < -0.39 is 0 Å². The van der Waals surface area contributed by atoms with E-state index in [0.29, 0.717) is 0 Å². The van der Waals surface area contributed by atoms with Crippen LogP contribution in [0.1, 0.15) is 122 Å². The van der Waals surface area contributed by atoms with E-state index in [4.69, 9.17) is 0 Å². The highest BCUT2D eigenvalue weighted by Crippen LogP contribution is 2.14. The molecule has 0 aliphatic heterocycles. The average Bonchev–Trinajstić information content (AvgIpc) is 2.60.